The number of amides is 1. The fourth-order valence-electron chi connectivity index (χ4n) is 4.52. The van der Waals surface area contributed by atoms with E-state index in [1.165, 1.54) is 45.1 Å². The molecule has 3 heteroatoms. The first-order valence-corrected chi connectivity index (χ1v) is 8.28. The van der Waals surface area contributed by atoms with Gasteiger partial charge in [0.25, 0.3) is 0 Å². The Hall–Kier alpha value is -0.570. The lowest BCUT2D eigenvalue weighted by Gasteiger charge is -2.23. The number of fused-ring (bicyclic) bond motifs is 2. The van der Waals surface area contributed by atoms with Crippen molar-refractivity contribution in [2.24, 2.45) is 23.7 Å². The molecule has 108 valence electrons. The van der Waals surface area contributed by atoms with E-state index in [0.29, 0.717) is 11.8 Å². The van der Waals surface area contributed by atoms with Gasteiger partial charge in [-0.3, -0.25) is 4.79 Å². The monoisotopic (exact) mass is 264 g/mol. The predicted molar refractivity (Wildman–Crippen MR) is 76.8 cm³/mol. The summed E-state index contributed by atoms with van der Waals surface area (Å²) in [5, 5.41) is 6.59. The van der Waals surface area contributed by atoms with Crippen LogP contribution in [-0.4, -0.2) is 25.5 Å². The highest BCUT2D eigenvalue weighted by Crippen LogP contribution is 2.49. The molecule has 3 nitrogen and oxygen atoms in total. The molecule has 19 heavy (non-hydrogen) atoms. The van der Waals surface area contributed by atoms with Gasteiger partial charge in [0.15, 0.2) is 0 Å². The fraction of sp³-hybridized carbons (Fsp3) is 0.938. The number of piperidine rings is 1. The Morgan fingerprint density at radius 1 is 1.21 bits per heavy atom. The van der Waals surface area contributed by atoms with Gasteiger partial charge in [-0.1, -0.05) is 6.42 Å². The third-order valence-corrected chi connectivity index (χ3v) is 5.61. The lowest BCUT2D eigenvalue weighted by atomic mass is 9.86. The maximum Gasteiger partial charge on any atom is 0.220 e. The van der Waals surface area contributed by atoms with E-state index < -0.39 is 0 Å². The van der Waals surface area contributed by atoms with Crippen LogP contribution in [0.2, 0.25) is 0 Å². The lowest BCUT2D eigenvalue weighted by Crippen LogP contribution is -2.33. The molecule has 1 saturated heterocycles. The zero-order chi connectivity index (χ0) is 13.1. The van der Waals surface area contributed by atoms with Gasteiger partial charge in [-0.15, -0.1) is 0 Å². The highest BCUT2D eigenvalue weighted by molar-refractivity contribution is 5.76. The Bertz CT molecular complexity index is 312. The second-order valence-corrected chi connectivity index (χ2v) is 6.99. The van der Waals surface area contributed by atoms with Crippen molar-refractivity contribution in [3.05, 3.63) is 0 Å². The third kappa shape index (κ3) is 3.50. The molecule has 4 unspecified atom stereocenters. The van der Waals surface area contributed by atoms with Crippen LogP contribution in [0.15, 0.2) is 0 Å². The summed E-state index contributed by atoms with van der Waals surface area (Å²) >= 11 is 0. The molecule has 0 spiro atoms. The highest BCUT2D eigenvalue weighted by atomic mass is 16.1. The average Bonchev–Trinajstić information content (AvgIpc) is 3.02. The first kappa shape index (κ1) is 13.4. The predicted octanol–water partition coefficient (Wildman–Crippen LogP) is 2.32. The smallest absolute Gasteiger partial charge is 0.220 e. The van der Waals surface area contributed by atoms with Gasteiger partial charge in [0.05, 0.1) is 0 Å². The molecule has 2 N–H and O–H groups in total. The van der Waals surface area contributed by atoms with Gasteiger partial charge in [0, 0.05) is 13.0 Å². The van der Waals surface area contributed by atoms with Crippen LogP contribution in [0.5, 0.6) is 0 Å². The van der Waals surface area contributed by atoms with Crippen LogP contribution in [0.25, 0.3) is 0 Å². The molecular weight excluding hydrogens is 236 g/mol. The van der Waals surface area contributed by atoms with Crippen molar-refractivity contribution in [1.82, 2.24) is 10.6 Å². The zero-order valence-electron chi connectivity index (χ0n) is 12.0. The average molecular weight is 264 g/mol. The summed E-state index contributed by atoms with van der Waals surface area (Å²) < 4.78 is 0. The summed E-state index contributed by atoms with van der Waals surface area (Å²) in [4.78, 5) is 12.0. The van der Waals surface area contributed by atoms with E-state index >= 15 is 0 Å². The zero-order valence-corrected chi connectivity index (χ0v) is 12.0. The Labute approximate surface area is 116 Å². The largest absolute Gasteiger partial charge is 0.356 e. The minimum absolute atomic E-state index is 0.307. The third-order valence-electron chi connectivity index (χ3n) is 5.61. The number of rotatable bonds is 5. The van der Waals surface area contributed by atoms with Gasteiger partial charge in [0.2, 0.25) is 5.91 Å². The molecular formula is C16H28N2O. The molecule has 2 aliphatic carbocycles. The Morgan fingerprint density at radius 3 is 2.84 bits per heavy atom. The molecule has 1 amide bonds. The first-order valence-electron chi connectivity index (χ1n) is 8.28. The first-order chi connectivity index (χ1) is 9.31. The van der Waals surface area contributed by atoms with E-state index in [1.54, 1.807) is 0 Å². The van der Waals surface area contributed by atoms with Crippen molar-refractivity contribution >= 4 is 5.91 Å². The number of carbonyl (C=O) groups excluding carboxylic acids is 1. The summed E-state index contributed by atoms with van der Waals surface area (Å²) in [6, 6.07) is 0. The van der Waals surface area contributed by atoms with Crippen molar-refractivity contribution in [3.63, 3.8) is 0 Å². The summed E-state index contributed by atoms with van der Waals surface area (Å²) in [5.74, 6) is 3.61. The minimum Gasteiger partial charge on any atom is -0.356 e. The van der Waals surface area contributed by atoms with E-state index in [0.717, 1.165) is 43.7 Å². The Balaban J connectivity index is 1.31. The molecule has 0 aromatic carbocycles. The molecule has 1 aliphatic heterocycles. The van der Waals surface area contributed by atoms with Crippen LogP contribution in [0, 0.1) is 23.7 Å². The second-order valence-electron chi connectivity index (χ2n) is 6.99. The summed E-state index contributed by atoms with van der Waals surface area (Å²) in [5.41, 5.74) is 0. The van der Waals surface area contributed by atoms with Crippen LogP contribution in [-0.2, 0) is 4.79 Å². The van der Waals surface area contributed by atoms with Crippen LogP contribution in [0.4, 0.5) is 0 Å². The molecule has 3 aliphatic rings. The van der Waals surface area contributed by atoms with Crippen LogP contribution >= 0.6 is 0 Å². The molecule has 3 rings (SSSR count). The maximum atomic E-state index is 12.0. The molecule has 3 fully saturated rings. The number of hydrogen-bond acceptors (Lipinski definition) is 2. The number of hydrogen-bond donors (Lipinski definition) is 2. The summed E-state index contributed by atoms with van der Waals surface area (Å²) in [6.07, 6.45) is 10.1. The van der Waals surface area contributed by atoms with Crippen molar-refractivity contribution in [3.8, 4) is 0 Å². The Kier molecular flexibility index (Phi) is 4.42. The van der Waals surface area contributed by atoms with Gasteiger partial charge in [0.1, 0.15) is 0 Å². The molecule has 2 saturated carbocycles. The second kappa shape index (κ2) is 6.25. The molecule has 1 heterocycles. The van der Waals surface area contributed by atoms with E-state index in [4.69, 9.17) is 0 Å². The van der Waals surface area contributed by atoms with Crippen molar-refractivity contribution < 1.29 is 4.79 Å². The molecule has 2 bridgehead atoms. The van der Waals surface area contributed by atoms with Gasteiger partial charge >= 0.3 is 0 Å². The lowest BCUT2D eigenvalue weighted by molar-refractivity contribution is -0.122. The van der Waals surface area contributed by atoms with E-state index in [9.17, 15) is 4.79 Å². The standard InChI is InChI=1S/C16H28N2O/c19-16(10-15-9-13-3-4-14(15)8-13)18-7-5-12-2-1-6-17-11-12/h12-15,17H,1-11H2,(H,18,19). The van der Waals surface area contributed by atoms with Gasteiger partial charge < -0.3 is 10.6 Å². The minimum atomic E-state index is 0.307. The maximum absolute atomic E-state index is 12.0. The van der Waals surface area contributed by atoms with Crippen molar-refractivity contribution in [1.29, 1.82) is 0 Å². The van der Waals surface area contributed by atoms with Crippen LogP contribution < -0.4 is 10.6 Å². The normalized spacial score (nSPS) is 37.5. The van der Waals surface area contributed by atoms with E-state index in [-0.39, 0.29) is 0 Å². The highest BCUT2D eigenvalue weighted by Gasteiger charge is 2.39. The van der Waals surface area contributed by atoms with Gasteiger partial charge in [-0.05, 0) is 75.3 Å². The van der Waals surface area contributed by atoms with Crippen molar-refractivity contribution in [2.75, 3.05) is 19.6 Å². The van der Waals surface area contributed by atoms with Gasteiger partial charge in [-0.25, -0.2) is 0 Å². The molecule has 0 aromatic heterocycles. The molecule has 0 radical (unpaired) electrons. The van der Waals surface area contributed by atoms with Crippen LogP contribution in [0.1, 0.15) is 51.4 Å². The number of carbonyl (C=O) groups is 1. The topological polar surface area (TPSA) is 41.1 Å². The SMILES string of the molecule is O=C(CC1CC2CCC1C2)NCCC1CCCNC1. The fourth-order valence-corrected chi connectivity index (χ4v) is 4.52. The van der Waals surface area contributed by atoms with E-state index in [1.807, 2.05) is 0 Å². The molecule has 0 aromatic rings. The summed E-state index contributed by atoms with van der Waals surface area (Å²) in [6.45, 7) is 3.20. The number of nitrogens with one attached hydrogen (secondary N) is 2. The quantitative estimate of drug-likeness (QED) is 0.800. The summed E-state index contributed by atoms with van der Waals surface area (Å²) in [7, 11) is 0. The Morgan fingerprint density at radius 2 is 2.16 bits per heavy atom. The van der Waals surface area contributed by atoms with Crippen molar-refractivity contribution in [2.45, 2.75) is 51.4 Å². The van der Waals surface area contributed by atoms with Crippen LogP contribution in [0.3, 0.4) is 0 Å². The van der Waals surface area contributed by atoms with E-state index in [2.05, 4.69) is 10.6 Å². The molecule has 4 atom stereocenters. The van der Waals surface area contributed by atoms with Gasteiger partial charge in [-0.2, -0.15) is 0 Å².